The maximum absolute atomic E-state index is 12.4. The number of aliphatic hydroxyl groups is 1. The Morgan fingerprint density at radius 1 is 1.23 bits per heavy atom. The minimum atomic E-state index is -0.713. The number of benzene rings is 2. The summed E-state index contributed by atoms with van der Waals surface area (Å²) in [5, 5.41) is 22.4. The molecule has 26 heavy (non-hydrogen) atoms. The van der Waals surface area contributed by atoms with Crippen molar-refractivity contribution in [2.75, 3.05) is 11.9 Å². The Hall–Kier alpha value is -1.80. The Kier molecular flexibility index (Phi) is 6.88. The van der Waals surface area contributed by atoms with E-state index >= 15 is 0 Å². The standard InChI is InChI=1S/C20H24INO4/c1-13-4-7-15(8-5-13)22-19(25)26-18(20(2,3)10-11-23)16-12-14(21)6-9-17(16)24/h4-9,12,18,23-24H,10-11H2,1-3H3,(H,22,25)/t18-/m1/s1. The van der Waals surface area contributed by atoms with Crippen LogP contribution in [0.4, 0.5) is 10.5 Å². The lowest BCUT2D eigenvalue weighted by Crippen LogP contribution is -2.30. The summed E-state index contributed by atoms with van der Waals surface area (Å²) >= 11 is 2.14. The SMILES string of the molecule is Cc1ccc(NC(=O)O[C@H](c2cc(I)ccc2O)C(C)(C)CCO)cc1. The quantitative estimate of drug-likeness (QED) is 0.521. The number of phenolic OH excluding ortho intramolecular Hbond substituents is 1. The first-order chi connectivity index (χ1) is 12.2. The van der Waals surface area contributed by atoms with Crippen LogP contribution in [0, 0.1) is 15.9 Å². The van der Waals surface area contributed by atoms with E-state index < -0.39 is 17.6 Å². The van der Waals surface area contributed by atoms with Gasteiger partial charge in [-0.1, -0.05) is 31.5 Å². The summed E-state index contributed by atoms with van der Waals surface area (Å²) in [5.41, 5.74) is 1.68. The van der Waals surface area contributed by atoms with E-state index in [0.717, 1.165) is 9.13 Å². The molecule has 1 amide bonds. The molecule has 2 aromatic rings. The zero-order valence-corrected chi connectivity index (χ0v) is 17.3. The Labute approximate surface area is 167 Å². The van der Waals surface area contributed by atoms with Crippen LogP contribution in [-0.4, -0.2) is 22.9 Å². The molecule has 0 radical (unpaired) electrons. The average molecular weight is 469 g/mol. The smallest absolute Gasteiger partial charge is 0.412 e. The van der Waals surface area contributed by atoms with Gasteiger partial charge in [-0.2, -0.15) is 0 Å². The van der Waals surface area contributed by atoms with Crippen LogP contribution in [0.5, 0.6) is 5.75 Å². The minimum absolute atomic E-state index is 0.0445. The number of aryl methyl sites for hydroxylation is 1. The predicted octanol–water partition coefficient (Wildman–Crippen LogP) is 5.00. The summed E-state index contributed by atoms with van der Waals surface area (Å²) in [6, 6.07) is 12.5. The molecule has 1 atom stereocenters. The highest BCUT2D eigenvalue weighted by Gasteiger charge is 2.35. The summed E-state index contributed by atoms with van der Waals surface area (Å²) in [7, 11) is 0. The number of aromatic hydroxyl groups is 1. The summed E-state index contributed by atoms with van der Waals surface area (Å²) in [5.74, 6) is 0.0598. The molecule has 0 saturated heterocycles. The number of phenols is 1. The van der Waals surface area contributed by atoms with Gasteiger partial charge in [0, 0.05) is 26.8 Å². The molecule has 3 N–H and O–H groups in total. The third kappa shape index (κ3) is 5.35. The van der Waals surface area contributed by atoms with Crippen molar-refractivity contribution in [1.82, 2.24) is 0 Å². The molecule has 0 heterocycles. The number of rotatable bonds is 6. The fourth-order valence-corrected chi connectivity index (χ4v) is 3.21. The van der Waals surface area contributed by atoms with E-state index in [4.69, 9.17) is 4.74 Å². The van der Waals surface area contributed by atoms with Crippen LogP contribution in [0.25, 0.3) is 0 Å². The Morgan fingerprint density at radius 3 is 2.50 bits per heavy atom. The van der Waals surface area contributed by atoms with Gasteiger partial charge in [-0.15, -0.1) is 0 Å². The lowest BCUT2D eigenvalue weighted by molar-refractivity contribution is 0.0138. The third-order valence-electron chi connectivity index (χ3n) is 4.26. The van der Waals surface area contributed by atoms with Crippen molar-refractivity contribution in [2.24, 2.45) is 5.41 Å². The first kappa shape index (κ1) is 20.5. The van der Waals surface area contributed by atoms with Crippen molar-refractivity contribution in [3.8, 4) is 5.75 Å². The Bertz CT molecular complexity index is 759. The molecule has 0 unspecified atom stereocenters. The number of halogens is 1. The number of hydrogen-bond acceptors (Lipinski definition) is 4. The number of amides is 1. The van der Waals surface area contributed by atoms with Gasteiger partial charge >= 0.3 is 6.09 Å². The first-order valence-electron chi connectivity index (χ1n) is 8.36. The molecule has 6 heteroatoms. The molecular formula is C20H24INO4. The highest BCUT2D eigenvalue weighted by molar-refractivity contribution is 14.1. The van der Waals surface area contributed by atoms with E-state index in [1.807, 2.05) is 32.9 Å². The lowest BCUT2D eigenvalue weighted by atomic mass is 9.79. The number of carbonyl (C=O) groups is 1. The maximum Gasteiger partial charge on any atom is 0.412 e. The molecule has 0 aromatic heterocycles. The van der Waals surface area contributed by atoms with Crippen LogP contribution in [-0.2, 0) is 4.74 Å². The van der Waals surface area contributed by atoms with E-state index in [9.17, 15) is 15.0 Å². The van der Waals surface area contributed by atoms with Crippen molar-refractivity contribution in [3.63, 3.8) is 0 Å². The number of aliphatic hydroxyl groups excluding tert-OH is 1. The third-order valence-corrected chi connectivity index (χ3v) is 4.93. The maximum atomic E-state index is 12.4. The minimum Gasteiger partial charge on any atom is -0.508 e. The van der Waals surface area contributed by atoms with E-state index in [1.165, 1.54) is 0 Å². The molecule has 0 bridgehead atoms. The number of ether oxygens (including phenoxy) is 1. The van der Waals surface area contributed by atoms with Crippen LogP contribution in [0.3, 0.4) is 0 Å². The molecule has 0 spiro atoms. The Balaban J connectivity index is 2.27. The second-order valence-corrected chi connectivity index (χ2v) is 8.19. The van der Waals surface area contributed by atoms with E-state index in [-0.39, 0.29) is 12.4 Å². The van der Waals surface area contributed by atoms with Crippen LogP contribution in [0.2, 0.25) is 0 Å². The van der Waals surface area contributed by atoms with Gasteiger partial charge in [-0.3, -0.25) is 5.32 Å². The molecule has 140 valence electrons. The molecule has 0 aliphatic carbocycles. The summed E-state index contributed by atoms with van der Waals surface area (Å²) in [4.78, 5) is 12.4. The van der Waals surface area contributed by atoms with Gasteiger partial charge in [-0.05, 0) is 66.3 Å². The molecule has 2 rings (SSSR count). The predicted molar refractivity (Wildman–Crippen MR) is 110 cm³/mol. The fourth-order valence-electron chi connectivity index (χ4n) is 2.69. The van der Waals surface area contributed by atoms with Crippen LogP contribution in [0.1, 0.15) is 37.5 Å². The van der Waals surface area contributed by atoms with E-state index in [0.29, 0.717) is 17.7 Å². The summed E-state index contributed by atoms with van der Waals surface area (Å²) in [6.45, 7) is 5.71. The van der Waals surface area contributed by atoms with Gasteiger partial charge in [0.2, 0.25) is 0 Å². The van der Waals surface area contributed by atoms with Crippen molar-refractivity contribution in [1.29, 1.82) is 0 Å². The molecule has 2 aromatic carbocycles. The van der Waals surface area contributed by atoms with Crippen molar-refractivity contribution in [3.05, 3.63) is 57.2 Å². The molecule has 0 aliphatic heterocycles. The highest BCUT2D eigenvalue weighted by atomic mass is 127. The number of anilines is 1. The second-order valence-electron chi connectivity index (χ2n) is 6.94. The molecular weight excluding hydrogens is 445 g/mol. The normalized spacial score (nSPS) is 12.5. The van der Waals surface area contributed by atoms with Crippen LogP contribution < -0.4 is 5.32 Å². The summed E-state index contributed by atoms with van der Waals surface area (Å²) in [6.07, 6.45) is -0.904. The number of carbonyl (C=O) groups excluding carboxylic acids is 1. The van der Waals surface area contributed by atoms with Crippen molar-refractivity contribution < 1.29 is 19.7 Å². The van der Waals surface area contributed by atoms with E-state index in [2.05, 4.69) is 27.9 Å². The van der Waals surface area contributed by atoms with Gasteiger partial charge in [0.15, 0.2) is 0 Å². The zero-order valence-electron chi connectivity index (χ0n) is 15.1. The van der Waals surface area contributed by atoms with E-state index in [1.54, 1.807) is 30.3 Å². The fraction of sp³-hybridized carbons (Fsp3) is 0.350. The van der Waals surface area contributed by atoms with Crippen molar-refractivity contribution in [2.45, 2.75) is 33.3 Å². The molecule has 0 saturated carbocycles. The monoisotopic (exact) mass is 469 g/mol. The van der Waals surface area contributed by atoms with Gasteiger partial charge in [0.05, 0.1) is 0 Å². The van der Waals surface area contributed by atoms with Gasteiger partial charge in [-0.25, -0.2) is 4.79 Å². The topological polar surface area (TPSA) is 78.8 Å². The molecule has 0 aliphatic rings. The first-order valence-corrected chi connectivity index (χ1v) is 9.44. The van der Waals surface area contributed by atoms with Crippen molar-refractivity contribution >= 4 is 34.4 Å². The summed E-state index contributed by atoms with van der Waals surface area (Å²) < 4.78 is 6.62. The van der Waals surface area contributed by atoms with Crippen LogP contribution >= 0.6 is 22.6 Å². The lowest BCUT2D eigenvalue weighted by Gasteiger charge is -2.34. The van der Waals surface area contributed by atoms with Gasteiger partial charge in [0.1, 0.15) is 11.9 Å². The zero-order chi connectivity index (χ0) is 19.3. The largest absolute Gasteiger partial charge is 0.508 e. The number of hydrogen-bond donors (Lipinski definition) is 3. The van der Waals surface area contributed by atoms with Gasteiger partial charge in [0.25, 0.3) is 0 Å². The number of nitrogens with one attached hydrogen (secondary N) is 1. The second kappa shape index (κ2) is 8.73. The van der Waals surface area contributed by atoms with Gasteiger partial charge < -0.3 is 14.9 Å². The average Bonchev–Trinajstić information content (AvgIpc) is 2.57. The highest BCUT2D eigenvalue weighted by Crippen LogP contribution is 2.43. The molecule has 0 fully saturated rings. The Morgan fingerprint density at radius 2 is 1.88 bits per heavy atom. The molecule has 5 nitrogen and oxygen atoms in total. The van der Waals surface area contributed by atoms with Crippen LogP contribution in [0.15, 0.2) is 42.5 Å².